The van der Waals surface area contributed by atoms with E-state index >= 15 is 0 Å². The zero-order valence-corrected chi connectivity index (χ0v) is 18.4. The van der Waals surface area contributed by atoms with E-state index in [1.54, 1.807) is 11.8 Å². The van der Waals surface area contributed by atoms with Crippen LogP contribution in [0.15, 0.2) is 34.1 Å². The van der Waals surface area contributed by atoms with Crippen LogP contribution in [0, 0.1) is 29.6 Å². The topological polar surface area (TPSA) is 108 Å². The van der Waals surface area contributed by atoms with Crippen molar-refractivity contribution in [2.24, 2.45) is 29.6 Å². The lowest BCUT2D eigenvalue weighted by atomic mass is 9.68. The van der Waals surface area contributed by atoms with Gasteiger partial charge in [0.1, 0.15) is 6.54 Å². The molecule has 2 aromatic rings. The highest BCUT2D eigenvalue weighted by Gasteiger charge is 2.69. The molecule has 6 rings (SSSR count). The monoisotopic (exact) mass is 476 g/mol. The molecule has 2 aliphatic carbocycles. The molecule has 7 nitrogen and oxygen atoms in total. The van der Waals surface area contributed by atoms with Gasteiger partial charge in [0, 0.05) is 21.1 Å². The molecule has 2 aliphatic heterocycles. The molecule has 31 heavy (non-hydrogen) atoms. The number of nitrogens with one attached hydrogen (secondary N) is 1. The Morgan fingerprint density at radius 3 is 2.48 bits per heavy atom. The molecule has 0 unspecified atom stereocenters. The Bertz CT molecular complexity index is 1190. The summed E-state index contributed by atoms with van der Waals surface area (Å²) in [4.78, 5) is 54.3. The predicted molar refractivity (Wildman–Crippen MR) is 114 cm³/mol. The molecular weight excluding hydrogens is 460 g/mol. The number of thiazole rings is 1. The highest BCUT2D eigenvalue weighted by Crippen LogP contribution is 2.68. The van der Waals surface area contributed by atoms with Gasteiger partial charge in [-0.05, 0) is 41.9 Å². The lowest BCUT2D eigenvalue weighted by Crippen LogP contribution is -2.42. The van der Waals surface area contributed by atoms with Crippen LogP contribution in [0.1, 0.15) is 22.8 Å². The van der Waals surface area contributed by atoms with Crippen LogP contribution in [0.25, 0.3) is 0 Å². The summed E-state index contributed by atoms with van der Waals surface area (Å²) in [5, 5.41) is 10.7. The number of carbonyl (C=O) groups excluding carboxylic acids is 2. The van der Waals surface area contributed by atoms with Gasteiger partial charge in [0.25, 0.3) is 0 Å². The third-order valence-electron chi connectivity index (χ3n) is 7.34. The number of rotatable bonds is 3. The molecule has 3 heterocycles. The second-order valence-corrected chi connectivity index (χ2v) is 11.3. The van der Waals surface area contributed by atoms with Crippen molar-refractivity contribution in [2.75, 3.05) is 6.54 Å². The summed E-state index contributed by atoms with van der Waals surface area (Å²) < 4.78 is 0. The molecule has 2 saturated carbocycles. The van der Waals surface area contributed by atoms with E-state index in [2.05, 4.69) is 4.98 Å². The minimum atomic E-state index is -1.18. The Balaban J connectivity index is 1.45. The maximum absolute atomic E-state index is 13.1. The Hall–Kier alpha value is -2.10. The van der Waals surface area contributed by atoms with Crippen LogP contribution in [0.5, 0.6) is 0 Å². The fourth-order valence-corrected chi connectivity index (χ4v) is 9.43. The fraction of sp³-hybridized carbons (Fsp3) is 0.429. The second-order valence-electron chi connectivity index (χ2n) is 8.67. The molecule has 160 valence electrons. The number of benzene rings is 1. The maximum Gasteiger partial charge on any atom is 0.323 e. The summed E-state index contributed by atoms with van der Waals surface area (Å²) in [6, 6.07) is 7.60. The number of nitrogens with zero attached hydrogens (tertiary/aromatic N) is 1. The van der Waals surface area contributed by atoms with E-state index in [0.717, 1.165) is 26.8 Å². The van der Waals surface area contributed by atoms with Crippen LogP contribution in [0.4, 0.5) is 0 Å². The van der Waals surface area contributed by atoms with Crippen LogP contribution in [-0.4, -0.2) is 44.6 Å². The Labute approximate surface area is 189 Å². The Kier molecular flexibility index (Phi) is 4.23. The van der Waals surface area contributed by atoms with Gasteiger partial charge in [-0.3, -0.25) is 24.1 Å². The number of thioether (sulfide) groups is 1. The first-order valence-electron chi connectivity index (χ1n) is 10.1. The third-order valence-corrected chi connectivity index (χ3v) is 10.2. The average Bonchev–Trinajstić information content (AvgIpc) is 3.44. The molecule has 7 atom stereocenters. The van der Waals surface area contributed by atoms with E-state index in [9.17, 15) is 19.2 Å². The molecule has 2 N–H and O–H groups in total. The van der Waals surface area contributed by atoms with Gasteiger partial charge < -0.3 is 10.1 Å². The van der Waals surface area contributed by atoms with Crippen molar-refractivity contribution in [3.63, 3.8) is 0 Å². The summed E-state index contributed by atoms with van der Waals surface area (Å²) >= 11 is 8.92. The van der Waals surface area contributed by atoms with Gasteiger partial charge in [0.05, 0.1) is 16.9 Å². The molecule has 1 aromatic carbocycles. The zero-order valence-electron chi connectivity index (χ0n) is 16.0. The SMILES string of the molecule is O=C(O)CN1C(=O)[C@H]2[C@@H]3C[C@@H]([C@@H]2C1=O)[C@H]1[C@@H](c2ccc(Cl)cc2)c2sc(=O)[nH]c2S[C@H]31. The van der Waals surface area contributed by atoms with Crippen molar-refractivity contribution in [3.8, 4) is 0 Å². The number of carbonyl (C=O) groups is 3. The standard InChI is InChI=1S/C21H17ClN2O5S2/c22-8-3-1-7(2-4-8)12-13-9-5-10(16(13)30-18-17(12)31-21(29)23-18)15-14(9)19(27)24(20(15)28)6-11(25)26/h1-4,9-10,12-16H,5-6H2,(H,23,29)(H,25,26)/t9-,10+,12-,13+,14+,15+,16-/m1/s1. The van der Waals surface area contributed by atoms with Crippen LogP contribution >= 0.6 is 34.7 Å². The van der Waals surface area contributed by atoms with Gasteiger partial charge in [0.15, 0.2) is 0 Å². The number of imide groups is 1. The predicted octanol–water partition coefficient (Wildman–Crippen LogP) is 2.65. The summed E-state index contributed by atoms with van der Waals surface area (Å²) in [5.41, 5.74) is 1.04. The fourth-order valence-electron chi connectivity index (χ4n) is 6.41. The zero-order chi connectivity index (χ0) is 21.6. The van der Waals surface area contributed by atoms with Crippen molar-refractivity contribution >= 4 is 52.5 Å². The maximum atomic E-state index is 13.1. The number of carboxylic acid groups (broad SMARTS) is 1. The number of aromatic nitrogens is 1. The number of halogens is 1. The number of likely N-dealkylation sites (tertiary alicyclic amines) is 1. The molecule has 0 spiro atoms. The number of fused-ring (bicyclic) bond motifs is 9. The lowest BCUT2D eigenvalue weighted by molar-refractivity contribution is -0.149. The van der Waals surface area contributed by atoms with E-state index in [1.165, 1.54) is 11.3 Å². The van der Waals surface area contributed by atoms with E-state index in [1.807, 2.05) is 24.3 Å². The number of hydrogen-bond acceptors (Lipinski definition) is 6. The van der Waals surface area contributed by atoms with Crippen molar-refractivity contribution in [1.82, 2.24) is 9.88 Å². The number of aliphatic carboxylic acids is 1. The Morgan fingerprint density at radius 2 is 1.81 bits per heavy atom. The lowest BCUT2D eigenvalue weighted by Gasteiger charge is -2.43. The van der Waals surface area contributed by atoms with Gasteiger partial charge in [-0.2, -0.15) is 0 Å². The van der Waals surface area contributed by atoms with Crippen LogP contribution in [-0.2, 0) is 14.4 Å². The molecule has 1 aromatic heterocycles. The second kappa shape index (κ2) is 6.70. The van der Waals surface area contributed by atoms with Crippen molar-refractivity contribution < 1.29 is 19.5 Å². The number of aromatic amines is 1. The van der Waals surface area contributed by atoms with Gasteiger partial charge in [-0.15, -0.1) is 11.8 Å². The number of H-pyrrole nitrogens is 1. The summed E-state index contributed by atoms with van der Waals surface area (Å²) in [6.45, 7) is -0.576. The number of hydrogen-bond donors (Lipinski definition) is 2. The van der Waals surface area contributed by atoms with E-state index in [-0.39, 0.29) is 45.6 Å². The summed E-state index contributed by atoms with van der Waals surface area (Å²) in [7, 11) is 0. The van der Waals surface area contributed by atoms with E-state index < -0.39 is 24.3 Å². The number of amides is 2. The largest absolute Gasteiger partial charge is 0.480 e. The first kappa shape index (κ1) is 19.6. The molecule has 10 heteroatoms. The minimum Gasteiger partial charge on any atom is -0.480 e. The molecule has 3 fully saturated rings. The van der Waals surface area contributed by atoms with Gasteiger partial charge in [0.2, 0.25) is 11.8 Å². The summed E-state index contributed by atoms with van der Waals surface area (Å²) in [5.74, 6) is -2.80. The molecule has 1 saturated heterocycles. The van der Waals surface area contributed by atoms with Gasteiger partial charge in [-0.25, -0.2) is 0 Å². The van der Waals surface area contributed by atoms with Gasteiger partial charge in [-0.1, -0.05) is 35.1 Å². The summed E-state index contributed by atoms with van der Waals surface area (Å²) in [6.07, 6.45) is 0.777. The molecule has 0 radical (unpaired) electrons. The van der Waals surface area contributed by atoms with Crippen LogP contribution < -0.4 is 4.87 Å². The normalized spacial score (nSPS) is 35.3. The third kappa shape index (κ3) is 2.66. The van der Waals surface area contributed by atoms with E-state index in [0.29, 0.717) is 5.02 Å². The van der Waals surface area contributed by atoms with Crippen molar-refractivity contribution in [3.05, 3.63) is 49.4 Å². The smallest absolute Gasteiger partial charge is 0.323 e. The Morgan fingerprint density at radius 1 is 1.13 bits per heavy atom. The van der Waals surface area contributed by atoms with E-state index in [4.69, 9.17) is 16.7 Å². The molecular formula is C21H17ClN2O5S2. The molecule has 2 amide bonds. The number of carboxylic acids is 1. The molecule has 4 aliphatic rings. The highest BCUT2D eigenvalue weighted by molar-refractivity contribution is 8.00. The molecule has 2 bridgehead atoms. The first-order valence-corrected chi connectivity index (χ1v) is 12.1. The highest BCUT2D eigenvalue weighted by atomic mass is 35.5. The first-order chi connectivity index (χ1) is 14.8. The van der Waals surface area contributed by atoms with Gasteiger partial charge >= 0.3 is 10.8 Å². The van der Waals surface area contributed by atoms with Crippen molar-refractivity contribution in [2.45, 2.75) is 22.6 Å². The quantitative estimate of drug-likeness (QED) is 0.659. The minimum absolute atomic E-state index is 0.00778. The van der Waals surface area contributed by atoms with Crippen LogP contribution in [0.2, 0.25) is 5.02 Å². The van der Waals surface area contributed by atoms with Crippen molar-refractivity contribution in [1.29, 1.82) is 0 Å². The van der Waals surface area contributed by atoms with Crippen LogP contribution in [0.3, 0.4) is 0 Å². The average molecular weight is 477 g/mol.